The van der Waals surface area contributed by atoms with Crippen molar-refractivity contribution in [3.8, 4) is 5.75 Å². The van der Waals surface area contributed by atoms with Crippen molar-refractivity contribution >= 4 is 11.8 Å². The molecular weight excluding hydrogens is 376 g/mol. The van der Waals surface area contributed by atoms with E-state index in [1.165, 1.54) is 12.5 Å². The first-order valence-electron chi connectivity index (χ1n) is 9.47. The number of morpholine rings is 1. The number of ether oxygens (including phenoxy) is 3. The van der Waals surface area contributed by atoms with E-state index in [0.717, 1.165) is 0 Å². The predicted molar refractivity (Wildman–Crippen MR) is 105 cm³/mol. The van der Waals surface area contributed by atoms with Gasteiger partial charge in [0.2, 0.25) is 0 Å². The molecule has 2 amide bonds. The van der Waals surface area contributed by atoms with Crippen molar-refractivity contribution < 1.29 is 28.2 Å². The Morgan fingerprint density at radius 3 is 2.62 bits per heavy atom. The maximum absolute atomic E-state index is 13.0. The molecule has 1 aromatic heterocycles. The molecule has 29 heavy (non-hydrogen) atoms. The average molecular weight is 402 g/mol. The van der Waals surface area contributed by atoms with E-state index in [0.29, 0.717) is 56.3 Å². The molecule has 2 heterocycles. The number of amides is 2. The molecule has 0 saturated carbocycles. The first kappa shape index (κ1) is 20.9. The van der Waals surface area contributed by atoms with Crippen LogP contribution in [0.2, 0.25) is 0 Å². The molecule has 0 spiro atoms. The molecule has 1 aromatic carbocycles. The summed E-state index contributed by atoms with van der Waals surface area (Å²) in [4.78, 5) is 29.0. The smallest absolute Gasteiger partial charge is 0.257 e. The van der Waals surface area contributed by atoms with Gasteiger partial charge in [-0.25, -0.2) is 0 Å². The van der Waals surface area contributed by atoms with Crippen LogP contribution in [0.5, 0.6) is 5.75 Å². The maximum Gasteiger partial charge on any atom is 0.257 e. The predicted octanol–water partition coefficient (Wildman–Crippen LogP) is 1.92. The molecule has 0 bridgehead atoms. The zero-order valence-corrected chi connectivity index (χ0v) is 16.7. The zero-order chi connectivity index (χ0) is 20.6. The fourth-order valence-corrected chi connectivity index (χ4v) is 3.22. The highest BCUT2D eigenvalue weighted by molar-refractivity contribution is 5.95. The van der Waals surface area contributed by atoms with Gasteiger partial charge in [0.1, 0.15) is 12.0 Å². The van der Waals surface area contributed by atoms with Gasteiger partial charge >= 0.3 is 0 Å². The minimum Gasteiger partial charge on any atom is -0.497 e. The third-order valence-corrected chi connectivity index (χ3v) is 4.81. The van der Waals surface area contributed by atoms with Crippen molar-refractivity contribution in [3.63, 3.8) is 0 Å². The van der Waals surface area contributed by atoms with Gasteiger partial charge in [-0.3, -0.25) is 9.59 Å². The summed E-state index contributed by atoms with van der Waals surface area (Å²) >= 11 is 0. The molecule has 0 aliphatic carbocycles. The summed E-state index contributed by atoms with van der Waals surface area (Å²) in [5.74, 6) is 0.470. The van der Waals surface area contributed by atoms with Crippen molar-refractivity contribution in [2.24, 2.45) is 0 Å². The van der Waals surface area contributed by atoms with E-state index in [1.54, 1.807) is 54.4 Å². The van der Waals surface area contributed by atoms with Crippen LogP contribution in [0.15, 0.2) is 47.3 Å². The Morgan fingerprint density at radius 2 is 1.97 bits per heavy atom. The second kappa shape index (κ2) is 10.1. The number of rotatable bonds is 8. The average Bonchev–Trinajstić information content (AvgIpc) is 3.31. The van der Waals surface area contributed by atoms with E-state index in [4.69, 9.17) is 18.6 Å². The second-order valence-electron chi connectivity index (χ2n) is 6.73. The molecule has 1 saturated heterocycles. The van der Waals surface area contributed by atoms with Crippen LogP contribution in [0, 0.1) is 0 Å². The Kier molecular flexibility index (Phi) is 7.26. The number of benzene rings is 1. The largest absolute Gasteiger partial charge is 0.497 e. The number of methoxy groups -OCH3 is 2. The van der Waals surface area contributed by atoms with E-state index < -0.39 is 0 Å². The normalized spacial score (nSPS) is 16.5. The minimum absolute atomic E-state index is 0.100. The molecule has 1 aliphatic heterocycles. The lowest BCUT2D eigenvalue weighted by Gasteiger charge is -2.35. The molecule has 1 unspecified atom stereocenters. The monoisotopic (exact) mass is 402 g/mol. The van der Waals surface area contributed by atoms with Crippen LogP contribution in [-0.2, 0) is 9.47 Å². The third-order valence-electron chi connectivity index (χ3n) is 4.81. The van der Waals surface area contributed by atoms with Gasteiger partial charge < -0.3 is 28.4 Å². The van der Waals surface area contributed by atoms with Crippen molar-refractivity contribution in [1.29, 1.82) is 0 Å². The molecule has 1 atom stereocenters. The molecule has 1 fully saturated rings. The lowest BCUT2D eigenvalue weighted by atomic mass is 10.1. The third kappa shape index (κ3) is 5.36. The number of furan rings is 1. The van der Waals surface area contributed by atoms with E-state index in [2.05, 4.69) is 0 Å². The molecule has 3 rings (SSSR count). The molecule has 0 radical (unpaired) electrons. The van der Waals surface area contributed by atoms with Crippen LogP contribution < -0.4 is 4.74 Å². The Balaban J connectivity index is 1.66. The van der Waals surface area contributed by atoms with Gasteiger partial charge in [-0.05, 0) is 30.3 Å². The summed E-state index contributed by atoms with van der Waals surface area (Å²) in [6.07, 6.45) is 2.63. The fraction of sp³-hybridized carbons (Fsp3) is 0.429. The molecule has 0 N–H and O–H groups in total. The number of carbonyl (C=O) groups is 2. The Hall–Kier alpha value is -2.84. The van der Waals surface area contributed by atoms with Crippen LogP contribution in [0.25, 0.3) is 0 Å². The Bertz CT molecular complexity index is 790. The highest BCUT2D eigenvalue weighted by Gasteiger charge is 2.28. The van der Waals surface area contributed by atoms with Crippen molar-refractivity contribution in [1.82, 2.24) is 9.80 Å². The lowest BCUT2D eigenvalue weighted by Crippen LogP contribution is -2.51. The molecule has 8 nitrogen and oxygen atoms in total. The first-order chi connectivity index (χ1) is 14.1. The van der Waals surface area contributed by atoms with Gasteiger partial charge in [-0.1, -0.05) is 0 Å². The molecule has 156 valence electrons. The van der Waals surface area contributed by atoms with Crippen LogP contribution in [0.3, 0.4) is 0 Å². The van der Waals surface area contributed by atoms with Crippen LogP contribution in [0.4, 0.5) is 0 Å². The quantitative estimate of drug-likeness (QED) is 0.671. The van der Waals surface area contributed by atoms with Gasteiger partial charge in [-0.15, -0.1) is 0 Å². The fourth-order valence-electron chi connectivity index (χ4n) is 3.22. The van der Waals surface area contributed by atoms with Crippen LogP contribution in [-0.4, -0.2) is 81.3 Å². The van der Waals surface area contributed by atoms with Crippen molar-refractivity contribution in [3.05, 3.63) is 54.0 Å². The highest BCUT2D eigenvalue weighted by Crippen LogP contribution is 2.16. The topological polar surface area (TPSA) is 81.5 Å². The highest BCUT2D eigenvalue weighted by atomic mass is 16.5. The van der Waals surface area contributed by atoms with Gasteiger partial charge in [0, 0.05) is 38.9 Å². The van der Waals surface area contributed by atoms with E-state index in [-0.39, 0.29) is 17.9 Å². The maximum atomic E-state index is 13.0. The van der Waals surface area contributed by atoms with E-state index >= 15 is 0 Å². The van der Waals surface area contributed by atoms with Gasteiger partial charge in [-0.2, -0.15) is 0 Å². The summed E-state index contributed by atoms with van der Waals surface area (Å²) in [5, 5.41) is 0. The summed E-state index contributed by atoms with van der Waals surface area (Å²) in [7, 11) is 3.18. The molecule has 1 aliphatic rings. The zero-order valence-electron chi connectivity index (χ0n) is 16.7. The number of hydrogen-bond donors (Lipinski definition) is 0. The van der Waals surface area contributed by atoms with Crippen LogP contribution >= 0.6 is 0 Å². The van der Waals surface area contributed by atoms with E-state index in [1.807, 2.05) is 0 Å². The first-order valence-corrected chi connectivity index (χ1v) is 9.47. The van der Waals surface area contributed by atoms with Crippen molar-refractivity contribution in [2.45, 2.75) is 6.10 Å². The standard InChI is InChI=1S/C21H26N2O6/c1-26-11-8-22(20(24)16-3-5-18(27-2)6-4-16)13-19-14-23(9-12-29-19)21(25)17-7-10-28-15-17/h3-7,10,15,19H,8-9,11-14H2,1-2H3. The number of carbonyl (C=O) groups excluding carboxylic acids is 2. The van der Waals surface area contributed by atoms with Crippen LogP contribution in [0.1, 0.15) is 20.7 Å². The summed E-state index contributed by atoms with van der Waals surface area (Å²) in [6, 6.07) is 8.62. The molecule has 8 heteroatoms. The summed E-state index contributed by atoms with van der Waals surface area (Å²) in [6.45, 7) is 2.53. The number of hydrogen-bond acceptors (Lipinski definition) is 6. The summed E-state index contributed by atoms with van der Waals surface area (Å²) in [5.41, 5.74) is 1.07. The second-order valence-corrected chi connectivity index (χ2v) is 6.73. The van der Waals surface area contributed by atoms with Gasteiger partial charge in [0.05, 0.1) is 38.3 Å². The Labute approximate surface area is 169 Å². The minimum atomic E-state index is -0.279. The lowest BCUT2D eigenvalue weighted by molar-refractivity contribution is -0.0347. The van der Waals surface area contributed by atoms with Gasteiger partial charge in [0.25, 0.3) is 11.8 Å². The Morgan fingerprint density at radius 1 is 1.17 bits per heavy atom. The molecular formula is C21H26N2O6. The van der Waals surface area contributed by atoms with Gasteiger partial charge in [0.15, 0.2) is 0 Å². The van der Waals surface area contributed by atoms with E-state index in [9.17, 15) is 9.59 Å². The van der Waals surface area contributed by atoms with Crippen molar-refractivity contribution in [2.75, 3.05) is 53.6 Å². The SMILES string of the molecule is COCCN(CC1CN(C(=O)c2ccoc2)CCO1)C(=O)c1ccc(OC)cc1. The number of nitrogens with zero attached hydrogens (tertiary/aromatic N) is 2. The molecule has 2 aromatic rings. The summed E-state index contributed by atoms with van der Waals surface area (Å²) < 4.78 is 21.2.